The molecule has 8 aromatic carbocycles. The Bertz CT molecular complexity index is 2540. The van der Waals surface area contributed by atoms with Crippen LogP contribution in [0.2, 0.25) is 0 Å². The average Bonchev–Trinajstić information content (AvgIpc) is 3.21. The SMILES string of the molecule is c1ccc(-c2cccc(-c3ccc4c(c3)B3c5ccccc5-c5cc(-c6ccccc6)ccc5N3c3ccc(-c5ccccc5)cc3-4)c2)cc1. The fourth-order valence-corrected chi connectivity index (χ4v) is 8.10. The summed E-state index contributed by atoms with van der Waals surface area (Å²) in [6.45, 7) is 0.0311. The Hall–Kier alpha value is -6.38. The molecule has 2 aliphatic rings. The molecule has 0 N–H and O–H groups in total. The largest absolute Gasteiger partial charge is 0.376 e. The zero-order valence-corrected chi connectivity index (χ0v) is 27.5. The van der Waals surface area contributed by atoms with Crippen molar-refractivity contribution in [3.05, 3.63) is 194 Å². The van der Waals surface area contributed by atoms with Crippen molar-refractivity contribution in [1.29, 1.82) is 0 Å². The van der Waals surface area contributed by atoms with Gasteiger partial charge in [-0.1, -0.05) is 164 Å². The van der Waals surface area contributed by atoms with Crippen LogP contribution < -0.4 is 15.7 Å². The van der Waals surface area contributed by atoms with Gasteiger partial charge in [-0.25, -0.2) is 0 Å². The van der Waals surface area contributed by atoms with E-state index in [1.54, 1.807) is 0 Å². The summed E-state index contributed by atoms with van der Waals surface area (Å²) in [7, 11) is 0. The van der Waals surface area contributed by atoms with Gasteiger partial charge in [0, 0.05) is 22.5 Å². The van der Waals surface area contributed by atoms with Gasteiger partial charge >= 0.3 is 6.85 Å². The molecule has 1 nitrogen and oxygen atoms in total. The number of fused-ring (bicyclic) bond motifs is 11. The standard InChI is InChI=1S/C48H32BN/c1-4-13-33(14-5-1)36-19-12-20-37(29-36)40-23-26-42-44-31-39(35-17-8-3-9-18-35)25-28-48(44)50-47-27-24-38(34-15-6-2-7-16-34)30-43(47)41-21-10-11-22-45(41)49(50)46(42)32-40/h1-32H. The minimum atomic E-state index is 0.0311. The van der Waals surface area contributed by atoms with E-state index in [0.717, 1.165) is 0 Å². The first-order valence-corrected chi connectivity index (χ1v) is 17.4. The lowest BCUT2D eigenvalue weighted by atomic mass is 9.43. The van der Waals surface area contributed by atoms with Crippen LogP contribution >= 0.6 is 0 Å². The maximum Gasteiger partial charge on any atom is 0.329 e. The maximum atomic E-state index is 2.60. The minimum Gasteiger partial charge on any atom is -0.376 e. The Kier molecular flexibility index (Phi) is 6.67. The smallest absolute Gasteiger partial charge is 0.329 e. The van der Waals surface area contributed by atoms with Crippen molar-refractivity contribution in [3.63, 3.8) is 0 Å². The van der Waals surface area contributed by atoms with Crippen molar-refractivity contribution < 1.29 is 0 Å². The van der Waals surface area contributed by atoms with Crippen LogP contribution in [0.25, 0.3) is 66.8 Å². The number of rotatable bonds is 4. The summed E-state index contributed by atoms with van der Waals surface area (Å²) in [5.41, 5.74) is 20.1. The predicted octanol–water partition coefficient (Wildman–Crippen LogP) is 11.3. The van der Waals surface area contributed by atoms with Gasteiger partial charge in [0.25, 0.3) is 0 Å². The highest BCUT2D eigenvalue weighted by molar-refractivity contribution is 6.92. The van der Waals surface area contributed by atoms with Crippen molar-refractivity contribution in [2.75, 3.05) is 4.81 Å². The third kappa shape index (κ3) is 4.64. The highest BCUT2D eigenvalue weighted by Crippen LogP contribution is 2.48. The number of anilines is 2. The van der Waals surface area contributed by atoms with Crippen LogP contribution in [0.4, 0.5) is 11.4 Å². The van der Waals surface area contributed by atoms with Crippen LogP contribution in [-0.4, -0.2) is 6.85 Å². The van der Waals surface area contributed by atoms with Crippen molar-refractivity contribution in [2.45, 2.75) is 0 Å². The summed E-state index contributed by atoms with van der Waals surface area (Å²) in [4.78, 5) is 2.60. The Labute approximate surface area is 293 Å². The van der Waals surface area contributed by atoms with E-state index in [1.165, 1.54) is 89.1 Å². The summed E-state index contributed by atoms with van der Waals surface area (Å²) in [6, 6.07) is 71.3. The first-order valence-electron chi connectivity index (χ1n) is 17.4. The fourth-order valence-electron chi connectivity index (χ4n) is 8.10. The summed E-state index contributed by atoms with van der Waals surface area (Å²) < 4.78 is 0. The molecule has 0 fully saturated rings. The Morgan fingerprint density at radius 1 is 0.260 bits per heavy atom. The van der Waals surface area contributed by atoms with Crippen LogP contribution in [0.1, 0.15) is 0 Å². The Morgan fingerprint density at radius 2 is 0.680 bits per heavy atom. The first kappa shape index (κ1) is 28.6. The monoisotopic (exact) mass is 633 g/mol. The summed E-state index contributed by atoms with van der Waals surface area (Å²) in [5, 5.41) is 0. The van der Waals surface area contributed by atoms with Gasteiger partial charge in [0.15, 0.2) is 0 Å². The fraction of sp³-hybridized carbons (Fsp3) is 0. The molecule has 2 heteroatoms. The number of hydrogen-bond acceptors (Lipinski definition) is 1. The van der Waals surface area contributed by atoms with Gasteiger partial charge in [0.2, 0.25) is 0 Å². The second-order valence-corrected chi connectivity index (χ2v) is 13.3. The molecule has 0 saturated carbocycles. The molecule has 0 bridgehead atoms. The normalized spacial score (nSPS) is 12.3. The zero-order chi connectivity index (χ0) is 33.0. The molecule has 0 aliphatic carbocycles. The van der Waals surface area contributed by atoms with E-state index >= 15 is 0 Å². The lowest BCUT2D eigenvalue weighted by Crippen LogP contribution is -2.59. The topological polar surface area (TPSA) is 3.24 Å². The molecule has 2 heterocycles. The van der Waals surface area contributed by atoms with Crippen LogP contribution in [0.3, 0.4) is 0 Å². The summed E-state index contributed by atoms with van der Waals surface area (Å²) >= 11 is 0. The van der Waals surface area contributed by atoms with E-state index in [1.807, 2.05) is 0 Å². The lowest BCUT2D eigenvalue weighted by Gasteiger charge is -2.43. The van der Waals surface area contributed by atoms with E-state index in [9.17, 15) is 0 Å². The molecule has 10 rings (SSSR count). The van der Waals surface area contributed by atoms with Crippen LogP contribution in [0.5, 0.6) is 0 Å². The second-order valence-electron chi connectivity index (χ2n) is 13.3. The second kappa shape index (κ2) is 11.6. The van der Waals surface area contributed by atoms with E-state index in [0.29, 0.717) is 0 Å². The van der Waals surface area contributed by atoms with E-state index < -0.39 is 0 Å². The van der Waals surface area contributed by atoms with Gasteiger partial charge in [0.05, 0.1) is 0 Å². The number of nitrogens with zero attached hydrogens (tertiary/aromatic N) is 1. The molecule has 0 radical (unpaired) electrons. The van der Waals surface area contributed by atoms with Crippen molar-refractivity contribution in [3.8, 4) is 66.8 Å². The Morgan fingerprint density at radius 3 is 1.26 bits per heavy atom. The van der Waals surface area contributed by atoms with E-state index in [-0.39, 0.29) is 6.85 Å². The van der Waals surface area contributed by atoms with E-state index in [2.05, 4.69) is 199 Å². The molecule has 0 spiro atoms. The third-order valence-corrected chi connectivity index (χ3v) is 10.5. The van der Waals surface area contributed by atoms with Gasteiger partial charge in [-0.15, -0.1) is 0 Å². The molecule has 50 heavy (non-hydrogen) atoms. The molecule has 2 aliphatic heterocycles. The molecule has 0 aromatic heterocycles. The molecule has 8 aromatic rings. The van der Waals surface area contributed by atoms with Crippen LogP contribution in [-0.2, 0) is 0 Å². The predicted molar refractivity (Wildman–Crippen MR) is 213 cm³/mol. The molecule has 0 unspecified atom stereocenters. The summed E-state index contributed by atoms with van der Waals surface area (Å²) in [5.74, 6) is 0. The lowest BCUT2D eigenvalue weighted by molar-refractivity contribution is 1.35. The highest BCUT2D eigenvalue weighted by atomic mass is 15.1. The molecular formula is C48H32BN. The number of hydrogen-bond donors (Lipinski definition) is 0. The van der Waals surface area contributed by atoms with E-state index in [4.69, 9.17) is 0 Å². The van der Waals surface area contributed by atoms with Crippen LogP contribution in [0.15, 0.2) is 194 Å². The molecular weight excluding hydrogens is 601 g/mol. The molecule has 0 amide bonds. The minimum absolute atomic E-state index is 0.0311. The first-order chi connectivity index (χ1) is 24.8. The van der Waals surface area contributed by atoms with Crippen LogP contribution in [0, 0.1) is 0 Å². The highest BCUT2D eigenvalue weighted by Gasteiger charge is 2.42. The van der Waals surface area contributed by atoms with Crippen molar-refractivity contribution in [2.24, 2.45) is 0 Å². The van der Waals surface area contributed by atoms with Crippen molar-refractivity contribution >= 4 is 29.1 Å². The third-order valence-electron chi connectivity index (χ3n) is 10.5. The Balaban J connectivity index is 1.20. The molecule has 232 valence electrons. The van der Waals surface area contributed by atoms with Gasteiger partial charge in [0.1, 0.15) is 0 Å². The molecule has 0 atom stereocenters. The molecule has 0 saturated heterocycles. The zero-order valence-electron chi connectivity index (χ0n) is 27.5. The van der Waals surface area contributed by atoms with Gasteiger partial charge in [-0.2, -0.15) is 0 Å². The number of benzene rings is 8. The average molecular weight is 634 g/mol. The van der Waals surface area contributed by atoms with Gasteiger partial charge in [-0.3, -0.25) is 0 Å². The van der Waals surface area contributed by atoms with Crippen molar-refractivity contribution in [1.82, 2.24) is 0 Å². The maximum absolute atomic E-state index is 2.60. The summed E-state index contributed by atoms with van der Waals surface area (Å²) in [6.07, 6.45) is 0. The van der Waals surface area contributed by atoms with Gasteiger partial charge < -0.3 is 4.81 Å². The van der Waals surface area contributed by atoms with Gasteiger partial charge in [-0.05, 0) is 96.9 Å². The quantitative estimate of drug-likeness (QED) is 0.174.